The summed E-state index contributed by atoms with van der Waals surface area (Å²) in [6.07, 6.45) is 0. The number of hydrogen-bond donors (Lipinski definition) is 1. The van der Waals surface area contributed by atoms with Crippen LogP contribution in [-0.4, -0.2) is 36.5 Å². The number of pyridine rings is 1. The van der Waals surface area contributed by atoms with Crippen molar-refractivity contribution in [2.45, 2.75) is 13.8 Å². The smallest absolute Gasteiger partial charge is 0.213 e. The molecular formula is C13H16N2O3. The number of rotatable bonds is 4. The lowest BCUT2D eigenvalue weighted by molar-refractivity contribution is -0.153. The lowest BCUT2D eigenvalue weighted by Gasteiger charge is -2.39. The van der Waals surface area contributed by atoms with Crippen LogP contribution >= 0.6 is 0 Å². The SMILES string of the molecule is Cc1cc(OCC2(CO)COC2)nc(C)c1C#N. The molecule has 1 fully saturated rings. The Morgan fingerprint density at radius 3 is 2.72 bits per heavy atom. The monoisotopic (exact) mass is 248 g/mol. The number of hydrogen-bond acceptors (Lipinski definition) is 5. The van der Waals surface area contributed by atoms with Crippen molar-refractivity contribution in [1.82, 2.24) is 4.98 Å². The third-order valence-corrected chi connectivity index (χ3v) is 3.16. The highest BCUT2D eigenvalue weighted by Crippen LogP contribution is 2.28. The number of nitrogens with zero attached hydrogens (tertiary/aromatic N) is 2. The van der Waals surface area contributed by atoms with Gasteiger partial charge in [-0.25, -0.2) is 4.98 Å². The highest BCUT2D eigenvalue weighted by Gasteiger charge is 2.39. The maximum absolute atomic E-state index is 9.28. The molecule has 96 valence electrons. The third-order valence-electron chi connectivity index (χ3n) is 3.16. The highest BCUT2D eigenvalue weighted by atomic mass is 16.5. The molecule has 0 radical (unpaired) electrons. The third kappa shape index (κ3) is 2.30. The van der Waals surface area contributed by atoms with Gasteiger partial charge in [0.2, 0.25) is 5.88 Å². The predicted molar refractivity (Wildman–Crippen MR) is 64.3 cm³/mol. The number of aromatic nitrogens is 1. The molecule has 0 spiro atoms. The average Bonchev–Trinajstić information content (AvgIpc) is 2.28. The number of ether oxygens (including phenoxy) is 2. The summed E-state index contributed by atoms with van der Waals surface area (Å²) in [7, 11) is 0. The molecule has 1 aromatic heterocycles. The maximum Gasteiger partial charge on any atom is 0.213 e. The van der Waals surface area contributed by atoms with Crippen LogP contribution in [0.25, 0.3) is 0 Å². The molecule has 1 saturated heterocycles. The van der Waals surface area contributed by atoms with Crippen molar-refractivity contribution < 1.29 is 14.6 Å². The minimum absolute atomic E-state index is 0.0429. The van der Waals surface area contributed by atoms with Crippen LogP contribution in [0, 0.1) is 30.6 Å². The summed E-state index contributed by atoms with van der Waals surface area (Å²) in [5, 5.41) is 18.2. The van der Waals surface area contributed by atoms with Crippen LogP contribution in [0.3, 0.4) is 0 Å². The molecule has 0 atom stereocenters. The Morgan fingerprint density at radius 2 is 2.28 bits per heavy atom. The van der Waals surface area contributed by atoms with Gasteiger partial charge in [0.15, 0.2) is 0 Å². The van der Waals surface area contributed by atoms with Crippen molar-refractivity contribution in [1.29, 1.82) is 5.26 Å². The van der Waals surface area contributed by atoms with E-state index in [1.165, 1.54) is 0 Å². The Bertz CT molecular complexity index is 461. The Labute approximate surface area is 106 Å². The van der Waals surface area contributed by atoms with Crippen molar-refractivity contribution >= 4 is 0 Å². The second-order valence-corrected chi connectivity index (χ2v) is 4.79. The zero-order chi connectivity index (χ0) is 13.2. The average molecular weight is 248 g/mol. The van der Waals surface area contributed by atoms with Gasteiger partial charge in [-0.1, -0.05) is 0 Å². The molecule has 2 heterocycles. The van der Waals surface area contributed by atoms with E-state index in [1.807, 2.05) is 6.92 Å². The molecule has 1 N–H and O–H groups in total. The fourth-order valence-corrected chi connectivity index (χ4v) is 1.88. The molecule has 1 aliphatic heterocycles. The van der Waals surface area contributed by atoms with Crippen molar-refractivity contribution in [2.75, 3.05) is 26.4 Å². The van der Waals surface area contributed by atoms with Gasteiger partial charge in [0, 0.05) is 6.07 Å². The van der Waals surface area contributed by atoms with Crippen molar-refractivity contribution in [2.24, 2.45) is 5.41 Å². The second-order valence-electron chi connectivity index (χ2n) is 4.79. The van der Waals surface area contributed by atoms with Crippen molar-refractivity contribution in [3.05, 3.63) is 22.9 Å². The van der Waals surface area contributed by atoms with E-state index in [0.717, 1.165) is 5.56 Å². The lowest BCUT2D eigenvalue weighted by Crippen LogP contribution is -2.50. The van der Waals surface area contributed by atoms with Gasteiger partial charge in [0.05, 0.1) is 36.5 Å². The van der Waals surface area contributed by atoms with E-state index in [0.29, 0.717) is 37.0 Å². The quantitative estimate of drug-likeness (QED) is 0.858. The van der Waals surface area contributed by atoms with Crippen molar-refractivity contribution in [3.8, 4) is 11.9 Å². The molecule has 2 rings (SSSR count). The predicted octanol–water partition coefficient (Wildman–Crippen LogP) is 0.958. The summed E-state index contributed by atoms with van der Waals surface area (Å²) in [5.41, 5.74) is 1.81. The van der Waals surface area contributed by atoms with E-state index in [-0.39, 0.29) is 12.0 Å². The van der Waals surface area contributed by atoms with E-state index in [9.17, 15) is 5.11 Å². The topological polar surface area (TPSA) is 75.4 Å². The molecule has 0 unspecified atom stereocenters. The largest absolute Gasteiger partial charge is 0.477 e. The summed E-state index contributed by atoms with van der Waals surface area (Å²) in [6, 6.07) is 3.86. The van der Waals surface area contributed by atoms with E-state index >= 15 is 0 Å². The van der Waals surface area contributed by atoms with E-state index in [1.54, 1.807) is 13.0 Å². The maximum atomic E-state index is 9.28. The molecule has 18 heavy (non-hydrogen) atoms. The fourth-order valence-electron chi connectivity index (χ4n) is 1.88. The zero-order valence-corrected chi connectivity index (χ0v) is 10.6. The number of aryl methyl sites for hydroxylation is 2. The van der Waals surface area contributed by atoms with Gasteiger partial charge in [-0.2, -0.15) is 5.26 Å². The molecule has 5 heteroatoms. The first-order chi connectivity index (χ1) is 8.60. The van der Waals surface area contributed by atoms with Crippen LogP contribution in [0.5, 0.6) is 5.88 Å². The Kier molecular flexibility index (Phi) is 3.50. The molecule has 0 saturated carbocycles. The first-order valence-electron chi connectivity index (χ1n) is 5.80. The van der Waals surface area contributed by atoms with Gasteiger partial charge < -0.3 is 14.6 Å². The molecular weight excluding hydrogens is 232 g/mol. The van der Waals surface area contributed by atoms with Gasteiger partial charge in [-0.3, -0.25) is 0 Å². The summed E-state index contributed by atoms with van der Waals surface area (Å²) < 4.78 is 10.7. The number of aliphatic hydroxyl groups excluding tert-OH is 1. The number of nitriles is 1. The summed E-state index contributed by atoms with van der Waals surface area (Å²) in [6.45, 7) is 5.08. The molecule has 0 amide bonds. The standard InChI is InChI=1S/C13H16N2O3/c1-9-3-12(15-10(2)11(9)4-14)18-8-13(5-16)6-17-7-13/h3,16H,5-8H2,1-2H3. The van der Waals surface area contributed by atoms with Crippen molar-refractivity contribution in [3.63, 3.8) is 0 Å². The van der Waals surface area contributed by atoms with E-state index in [2.05, 4.69) is 11.1 Å². The van der Waals surface area contributed by atoms with Crippen LogP contribution in [0.2, 0.25) is 0 Å². The van der Waals surface area contributed by atoms with Crippen LogP contribution in [0.1, 0.15) is 16.8 Å². The molecule has 1 aromatic rings. The molecule has 0 aromatic carbocycles. The van der Waals surface area contributed by atoms with Crippen LogP contribution in [0.4, 0.5) is 0 Å². The van der Waals surface area contributed by atoms with Crippen LogP contribution < -0.4 is 4.74 Å². The van der Waals surface area contributed by atoms with Crippen LogP contribution in [-0.2, 0) is 4.74 Å². The van der Waals surface area contributed by atoms with Crippen LogP contribution in [0.15, 0.2) is 6.07 Å². The summed E-state index contributed by atoms with van der Waals surface area (Å²) >= 11 is 0. The van der Waals surface area contributed by atoms with E-state index < -0.39 is 0 Å². The van der Waals surface area contributed by atoms with Gasteiger partial charge in [0.1, 0.15) is 12.7 Å². The molecule has 0 aliphatic carbocycles. The minimum atomic E-state index is -0.294. The molecule has 5 nitrogen and oxygen atoms in total. The van der Waals surface area contributed by atoms with Gasteiger partial charge in [0.25, 0.3) is 0 Å². The normalized spacial score (nSPS) is 16.8. The summed E-state index contributed by atoms with van der Waals surface area (Å²) in [4.78, 5) is 4.23. The van der Waals surface area contributed by atoms with Gasteiger partial charge >= 0.3 is 0 Å². The number of aliphatic hydroxyl groups is 1. The zero-order valence-electron chi connectivity index (χ0n) is 10.6. The lowest BCUT2D eigenvalue weighted by atomic mass is 9.88. The first-order valence-corrected chi connectivity index (χ1v) is 5.80. The second kappa shape index (κ2) is 4.92. The fraction of sp³-hybridized carbons (Fsp3) is 0.538. The van der Waals surface area contributed by atoms with E-state index in [4.69, 9.17) is 14.7 Å². The van der Waals surface area contributed by atoms with Gasteiger partial charge in [-0.15, -0.1) is 0 Å². The first kappa shape index (κ1) is 12.8. The highest BCUT2D eigenvalue weighted by molar-refractivity contribution is 5.42. The van der Waals surface area contributed by atoms with Gasteiger partial charge in [-0.05, 0) is 19.4 Å². The Balaban J connectivity index is 2.09. The molecule has 1 aliphatic rings. The Morgan fingerprint density at radius 1 is 1.56 bits per heavy atom. The molecule has 0 bridgehead atoms. The summed E-state index contributed by atoms with van der Waals surface area (Å²) in [5.74, 6) is 0.490. The minimum Gasteiger partial charge on any atom is -0.477 e. The Hall–Kier alpha value is -1.64.